The molecule has 0 amide bonds. The van der Waals surface area contributed by atoms with Crippen molar-refractivity contribution in [2.45, 2.75) is 20.0 Å². The molecule has 2 aromatic carbocycles. The Morgan fingerprint density at radius 3 is 2.39 bits per heavy atom. The molecule has 1 heterocycles. The quantitative estimate of drug-likeness (QED) is 0.668. The average Bonchev–Trinajstić information content (AvgIpc) is 2.49. The van der Waals surface area contributed by atoms with E-state index in [1.165, 1.54) is 12.1 Å². The van der Waals surface area contributed by atoms with Crippen LogP contribution < -0.4 is 9.92 Å². The summed E-state index contributed by atoms with van der Waals surface area (Å²) in [5.41, 5.74) is 0.887. The van der Waals surface area contributed by atoms with Gasteiger partial charge in [-0.05, 0) is 31.2 Å². The lowest BCUT2D eigenvalue weighted by Crippen LogP contribution is -2.27. The van der Waals surface area contributed by atoms with Crippen LogP contribution in [0, 0.1) is 18.6 Å². The van der Waals surface area contributed by atoms with Crippen molar-refractivity contribution in [2.75, 3.05) is 0 Å². The number of aromatic nitrogens is 1. The van der Waals surface area contributed by atoms with Crippen molar-refractivity contribution in [3.63, 3.8) is 0 Å². The largest absolute Gasteiger partial charge is 0.455 e. The molecule has 0 radical (unpaired) electrons. The van der Waals surface area contributed by atoms with Crippen molar-refractivity contribution in [3.05, 3.63) is 59.8 Å². The number of halogens is 2. The number of hydrogen-bond acceptors (Lipinski definition) is 2. The zero-order valence-electron chi connectivity index (χ0n) is 13.2. The highest BCUT2D eigenvalue weighted by molar-refractivity contribution is 6.71. The molecule has 0 spiro atoms. The molecule has 3 aromatic rings. The fraction of sp³-hybridized carbons (Fsp3) is 0.167. The predicted molar refractivity (Wildman–Crippen MR) is 91.4 cm³/mol. The summed E-state index contributed by atoms with van der Waals surface area (Å²) in [4.78, 5) is 4.29. The van der Waals surface area contributed by atoms with E-state index in [1.807, 2.05) is 13.1 Å². The van der Waals surface area contributed by atoms with Gasteiger partial charge in [-0.2, -0.15) is 0 Å². The number of pyridine rings is 1. The van der Waals surface area contributed by atoms with Crippen molar-refractivity contribution in [1.29, 1.82) is 0 Å². The molecule has 0 unspecified atom stereocenters. The summed E-state index contributed by atoms with van der Waals surface area (Å²) < 4.78 is 33.8. The smallest absolute Gasteiger partial charge is 0.149 e. The minimum atomic E-state index is -1.40. The van der Waals surface area contributed by atoms with Gasteiger partial charge in [0.15, 0.2) is 0 Å². The molecular formula is C18H17F2NOSi. The summed E-state index contributed by atoms with van der Waals surface area (Å²) >= 11 is 0. The highest BCUT2D eigenvalue weighted by Gasteiger charge is 2.16. The molecule has 0 saturated heterocycles. The fourth-order valence-electron chi connectivity index (χ4n) is 2.62. The lowest BCUT2D eigenvalue weighted by molar-refractivity contribution is 0.476. The Kier molecular flexibility index (Phi) is 4.13. The maximum Gasteiger partial charge on any atom is 0.149 e. The van der Waals surface area contributed by atoms with Gasteiger partial charge in [-0.1, -0.05) is 31.3 Å². The standard InChI is InChI=1S/C18H17F2NOSi/c1-11-16(10-12-6-4-7-13(19)17(12)21-11)22-15-9-5-8-14(20)18(15)23(2)3/h4-10,23H,1-3H3. The van der Waals surface area contributed by atoms with Gasteiger partial charge >= 0.3 is 0 Å². The molecule has 0 aliphatic heterocycles. The molecule has 3 rings (SSSR count). The third-order valence-electron chi connectivity index (χ3n) is 3.75. The number of aryl methyl sites for hydroxylation is 1. The summed E-state index contributed by atoms with van der Waals surface area (Å²) in [5.74, 6) is 0.441. The van der Waals surface area contributed by atoms with Crippen LogP contribution in [-0.2, 0) is 0 Å². The molecule has 0 N–H and O–H groups in total. The van der Waals surface area contributed by atoms with Crippen LogP contribution in [0.15, 0.2) is 42.5 Å². The molecule has 0 aliphatic rings. The van der Waals surface area contributed by atoms with Crippen molar-refractivity contribution in [2.24, 2.45) is 0 Å². The van der Waals surface area contributed by atoms with Crippen LogP contribution in [0.3, 0.4) is 0 Å². The second-order valence-corrected chi connectivity index (χ2v) is 8.68. The number of benzene rings is 2. The normalized spacial score (nSPS) is 11.2. The van der Waals surface area contributed by atoms with Crippen LogP contribution in [0.2, 0.25) is 13.1 Å². The van der Waals surface area contributed by atoms with E-state index in [2.05, 4.69) is 4.98 Å². The first-order chi connectivity index (χ1) is 11.0. The van der Waals surface area contributed by atoms with E-state index in [4.69, 9.17) is 4.74 Å². The summed E-state index contributed by atoms with van der Waals surface area (Å²) in [7, 11) is -1.40. The van der Waals surface area contributed by atoms with Gasteiger partial charge in [-0.15, -0.1) is 0 Å². The molecule has 1 aromatic heterocycles. The van der Waals surface area contributed by atoms with Gasteiger partial charge < -0.3 is 4.74 Å². The van der Waals surface area contributed by atoms with Crippen LogP contribution in [0.25, 0.3) is 10.9 Å². The van der Waals surface area contributed by atoms with E-state index >= 15 is 0 Å². The van der Waals surface area contributed by atoms with Gasteiger partial charge in [-0.3, -0.25) is 0 Å². The van der Waals surface area contributed by atoms with E-state index in [9.17, 15) is 8.78 Å². The number of rotatable bonds is 3. The van der Waals surface area contributed by atoms with Crippen LogP contribution >= 0.6 is 0 Å². The van der Waals surface area contributed by atoms with Gasteiger partial charge in [0, 0.05) is 10.6 Å². The number of hydrogen-bond donors (Lipinski definition) is 0. The van der Waals surface area contributed by atoms with Crippen molar-refractivity contribution in [3.8, 4) is 11.5 Å². The SMILES string of the molecule is Cc1nc2c(F)cccc2cc1Oc1cccc(F)c1[SiH](C)C. The molecule has 23 heavy (non-hydrogen) atoms. The van der Waals surface area contributed by atoms with Crippen molar-refractivity contribution >= 4 is 24.9 Å². The molecule has 5 heteroatoms. The minimum absolute atomic E-state index is 0.235. The van der Waals surface area contributed by atoms with E-state index < -0.39 is 8.80 Å². The molecule has 0 atom stereocenters. The molecule has 0 bridgehead atoms. The lowest BCUT2D eigenvalue weighted by Gasteiger charge is -2.15. The first-order valence-electron chi connectivity index (χ1n) is 7.49. The maximum atomic E-state index is 14.1. The summed E-state index contributed by atoms with van der Waals surface area (Å²) in [5, 5.41) is 1.32. The zero-order chi connectivity index (χ0) is 16.6. The third kappa shape index (κ3) is 2.96. The van der Waals surface area contributed by atoms with Gasteiger partial charge in [0.25, 0.3) is 0 Å². The number of para-hydroxylation sites is 1. The van der Waals surface area contributed by atoms with Gasteiger partial charge in [0.1, 0.15) is 28.7 Å². The number of nitrogens with zero attached hydrogens (tertiary/aromatic N) is 1. The molecule has 118 valence electrons. The summed E-state index contributed by atoms with van der Waals surface area (Å²) in [6.45, 7) is 5.85. The highest BCUT2D eigenvalue weighted by Crippen LogP contribution is 2.28. The van der Waals surface area contributed by atoms with Gasteiger partial charge in [0.05, 0.1) is 14.5 Å². The number of ether oxygens (including phenoxy) is 1. The number of fused-ring (bicyclic) bond motifs is 1. The first-order valence-corrected chi connectivity index (χ1v) is 10.4. The predicted octanol–water partition coefficient (Wildman–Crippen LogP) is 4.31. The molecule has 0 saturated carbocycles. The minimum Gasteiger partial charge on any atom is -0.455 e. The maximum absolute atomic E-state index is 14.1. The summed E-state index contributed by atoms with van der Waals surface area (Å²) in [6.07, 6.45) is 0. The molecular weight excluding hydrogens is 312 g/mol. The van der Waals surface area contributed by atoms with E-state index in [0.29, 0.717) is 33.3 Å². The lowest BCUT2D eigenvalue weighted by atomic mass is 10.2. The van der Waals surface area contributed by atoms with E-state index in [1.54, 1.807) is 37.3 Å². The van der Waals surface area contributed by atoms with Gasteiger partial charge in [0.2, 0.25) is 0 Å². The topological polar surface area (TPSA) is 22.1 Å². The van der Waals surface area contributed by atoms with Crippen LogP contribution in [0.4, 0.5) is 8.78 Å². The first kappa shape index (κ1) is 15.6. The third-order valence-corrected chi connectivity index (χ3v) is 5.47. The van der Waals surface area contributed by atoms with E-state index in [-0.39, 0.29) is 11.6 Å². The highest BCUT2D eigenvalue weighted by atomic mass is 28.3. The Bertz CT molecular complexity index is 880. The Morgan fingerprint density at radius 1 is 0.957 bits per heavy atom. The zero-order valence-corrected chi connectivity index (χ0v) is 14.4. The Morgan fingerprint density at radius 2 is 1.65 bits per heavy atom. The second kappa shape index (κ2) is 6.08. The van der Waals surface area contributed by atoms with Crippen LogP contribution in [0.5, 0.6) is 11.5 Å². The Balaban J connectivity index is 2.09. The molecule has 0 aliphatic carbocycles. The van der Waals surface area contributed by atoms with Crippen LogP contribution in [-0.4, -0.2) is 13.8 Å². The Labute approximate surface area is 135 Å². The van der Waals surface area contributed by atoms with Crippen molar-refractivity contribution in [1.82, 2.24) is 4.98 Å². The Hall–Kier alpha value is -2.27. The summed E-state index contributed by atoms with van der Waals surface area (Å²) in [6, 6.07) is 11.4. The van der Waals surface area contributed by atoms with Crippen molar-refractivity contribution < 1.29 is 13.5 Å². The monoisotopic (exact) mass is 329 g/mol. The van der Waals surface area contributed by atoms with Gasteiger partial charge in [-0.25, -0.2) is 13.8 Å². The molecule has 0 fully saturated rings. The van der Waals surface area contributed by atoms with Crippen LogP contribution in [0.1, 0.15) is 5.69 Å². The van der Waals surface area contributed by atoms with E-state index in [0.717, 1.165) is 0 Å². The second-order valence-electron chi connectivity index (χ2n) is 5.79. The molecule has 2 nitrogen and oxygen atoms in total. The fourth-order valence-corrected chi connectivity index (χ4v) is 4.00. The average molecular weight is 329 g/mol.